The molecule has 0 aromatic rings. The van der Waals surface area contributed by atoms with Crippen molar-refractivity contribution < 1.29 is 0 Å². The van der Waals surface area contributed by atoms with Crippen LogP contribution in [0, 0.1) is 11.8 Å². The first kappa shape index (κ1) is 12.2. The molecule has 0 atom stereocenters. The van der Waals surface area contributed by atoms with Gasteiger partial charge in [-0.3, -0.25) is 0 Å². The highest BCUT2D eigenvalue weighted by Crippen LogP contribution is 2.30. The van der Waals surface area contributed by atoms with E-state index in [1.165, 1.54) is 51.6 Å². The second-order valence-corrected chi connectivity index (χ2v) is 5.81. The summed E-state index contributed by atoms with van der Waals surface area (Å²) in [7, 11) is 0. The van der Waals surface area contributed by atoms with E-state index >= 15 is 0 Å². The fraction of sp³-hybridized carbons (Fsp3) is 0.867. The van der Waals surface area contributed by atoms with E-state index in [-0.39, 0.29) is 0 Å². The van der Waals surface area contributed by atoms with E-state index in [0.29, 0.717) is 0 Å². The molecule has 92 valence electrons. The van der Waals surface area contributed by atoms with Gasteiger partial charge in [0.2, 0.25) is 0 Å². The third-order valence-corrected chi connectivity index (χ3v) is 4.54. The Balaban J connectivity index is 1.76. The Kier molecular flexibility index (Phi) is 4.45. The molecule has 0 unspecified atom stereocenters. The van der Waals surface area contributed by atoms with Crippen molar-refractivity contribution >= 4 is 0 Å². The Morgan fingerprint density at radius 1 is 0.938 bits per heavy atom. The number of allylic oxidation sites excluding steroid dienone is 2. The Morgan fingerprint density at radius 2 is 1.56 bits per heavy atom. The van der Waals surface area contributed by atoms with Crippen LogP contribution in [-0.4, -0.2) is 24.0 Å². The van der Waals surface area contributed by atoms with Crippen molar-refractivity contribution in [3.8, 4) is 0 Å². The molecule has 0 aromatic carbocycles. The Labute approximate surface area is 101 Å². The largest absolute Gasteiger partial charge is 0.300 e. The average Bonchev–Trinajstić information content (AvgIpc) is 2.32. The second-order valence-electron chi connectivity index (χ2n) is 5.81. The first-order chi connectivity index (χ1) is 7.79. The minimum atomic E-state index is 0.865. The maximum Gasteiger partial charge on any atom is 0.00954 e. The zero-order valence-electron chi connectivity index (χ0n) is 11.0. The van der Waals surface area contributed by atoms with Gasteiger partial charge in [-0.1, -0.05) is 19.1 Å². The van der Waals surface area contributed by atoms with Gasteiger partial charge in [0.25, 0.3) is 0 Å². The van der Waals surface area contributed by atoms with Crippen molar-refractivity contribution in [1.82, 2.24) is 4.90 Å². The highest BCUT2D eigenvalue weighted by atomic mass is 15.2. The summed E-state index contributed by atoms with van der Waals surface area (Å²) in [5, 5.41) is 0. The van der Waals surface area contributed by atoms with Gasteiger partial charge in [0, 0.05) is 6.04 Å². The van der Waals surface area contributed by atoms with Gasteiger partial charge in [-0.2, -0.15) is 0 Å². The number of rotatable bonds is 2. The van der Waals surface area contributed by atoms with Crippen molar-refractivity contribution in [3.63, 3.8) is 0 Å². The van der Waals surface area contributed by atoms with Crippen molar-refractivity contribution in [2.75, 3.05) is 13.1 Å². The molecule has 1 saturated carbocycles. The summed E-state index contributed by atoms with van der Waals surface area (Å²) in [6.07, 6.45) is 13.2. The van der Waals surface area contributed by atoms with Gasteiger partial charge in [-0.25, -0.2) is 0 Å². The van der Waals surface area contributed by atoms with Gasteiger partial charge in [-0.15, -0.1) is 0 Å². The van der Waals surface area contributed by atoms with E-state index in [2.05, 4.69) is 30.9 Å². The van der Waals surface area contributed by atoms with E-state index < -0.39 is 0 Å². The quantitative estimate of drug-likeness (QED) is 0.640. The summed E-state index contributed by atoms with van der Waals surface area (Å²) in [6.45, 7) is 7.24. The predicted molar refractivity (Wildman–Crippen MR) is 70.5 cm³/mol. The third-order valence-electron chi connectivity index (χ3n) is 4.54. The van der Waals surface area contributed by atoms with Crippen LogP contribution in [0.25, 0.3) is 0 Å². The summed E-state index contributed by atoms with van der Waals surface area (Å²) >= 11 is 0. The van der Waals surface area contributed by atoms with Crippen LogP contribution in [-0.2, 0) is 0 Å². The van der Waals surface area contributed by atoms with Gasteiger partial charge in [0.05, 0.1) is 0 Å². The molecular formula is C15H27N. The predicted octanol–water partition coefficient (Wildman–Crippen LogP) is 3.85. The van der Waals surface area contributed by atoms with E-state index in [1.807, 2.05) is 0 Å². The lowest BCUT2D eigenvalue weighted by molar-refractivity contribution is 0.105. The summed E-state index contributed by atoms with van der Waals surface area (Å²) in [5.41, 5.74) is 0. The minimum absolute atomic E-state index is 0.865. The zero-order valence-corrected chi connectivity index (χ0v) is 11.0. The number of nitrogens with zero attached hydrogens (tertiary/aromatic N) is 1. The van der Waals surface area contributed by atoms with E-state index in [1.54, 1.807) is 0 Å². The highest BCUT2D eigenvalue weighted by Gasteiger charge is 2.26. The fourth-order valence-corrected chi connectivity index (χ4v) is 3.36. The number of hydrogen-bond donors (Lipinski definition) is 0. The molecule has 1 heterocycles. The molecule has 16 heavy (non-hydrogen) atoms. The topological polar surface area (TPSA) is 3.24 Å². The number of piperidine rings is 1. The van der Waals surface area contributed by atoms with Gasteiger partial charge in [0.1, 0.15) is 0 Å². The van der Waals surface area contributed by atoms with Crippen molar-refractivity contribution in [2.24, 2.45) is 11.8 Å². The minimum Gasteiger partial charge on any atom is -0.300 e. The monoisotopic (exact) mass is 221 g/mol. The fourth-order valence-electron chi connectivity index (χ4n) is 3.36. The molecule has 1 aliphatic heterocycles. The highest BCUT2D eigenvalue weighted by molar-refractivity contribution is 4.91. The molecule has 0 amide bonds. The standard InChI is InChI=1S/C15H27N/c1-3-4-14-9-11-16(12-10-14)15-7-5-13(2)6-8-15/h3-4,13-15H,5-12H2,1-2H3/b4-3+. The molecule has 0 radical (unpaired) electrons. The first-order valence-electron chi connectivity index (χ1n) is 7.16. The van der Waals surface area contributed by atoms with Gasteiger partial charge in [0.15, 0.2) is 0 Å². The van der Waals surface area contributed by atoms with Crippen LogP contribution in [0.15, 0.2) is 12.2 Å². The van der Waals surface area contributed by atoms with Crippen LogP contribution in [0.4, 0.5) is 0 Å². The molecule has 1 heteroatoms. The van der Waals surface area contributed by atoms with Crippen LogP contribution in [0.5, 0.6) is 0 Å². The van der Waals surface area contributed by atoms with Gasteiger partial charge < -0.3 is 4.90 Å². The molecule has 1 saturated heterocycles. The maximum absolute atomic E-state index is 2.77. The Bertz CT molecular complexity index is 218. The van der Waals surface area contributed by atoms with E-state index in [0.717, 1.165) is 17.9 Å². The SMILES string of the molecule is C/C=C/C1CCN(C2CCC(C)CC2)CC1. The molecule has 2 aliphatic rings. The summed E-state index contributed by atoms with van der Waals surface area (Å²) in [4.78, 5) is 2.77. The third kappa shape index (κ3) is 3.10. The molecular weight excluding hydrogens is 194 g/mol. The van der Waals surface area contributed by atoms with Crippen LogP contribution >= 0.6 is 0 Å². The van der Waals surface area contributed by atoms with Gasteiger partial charge >= 0.3 is 0 Å². The van der Waals surface area contributed by atoms with Crippen LogP contribution < -0.4 is 0 Å². The molecule has 1 aliphatic carbocycles. The summed E-state index contributed by atoms with van der Waals surface area (Å²) in [5.74, 6) is 1.85. The first-order valence-corrected chi connectivity index (χ1v) is 7.16. The van der Waals surface area contributed by atoms with Crippen LogP contribution in [0.1, 0.15) is 52.4 Å². The molecule has 1 nitrogen and oxygen atoms in total. The maximum atomic E-state index is 2.77. The summed E-state index contributed by atoms with van der Waals surface area (Å²) in [6, 6.07) is 0.919. The van der Waals surface area contributed by atoms with Gasteiger partial charge in [-0.05, 0) is 70.4 Å². The van der Waals surface area contributed by atoms with Crippen LogP contribution in [0.2, 0.25) is 0 Å². The molecule has 2 rings (SSSR count). The lowest BCUT2D eigenvalue weighted by Gasteiger charge is -2.40. The molecule has 0 bridgehead atoms. The van der Waals surface area contributed by atoms with Crippen LogP contribution in [0.3, 0.4) is 0 Å². The average molecular weight is 221 g/mol. The molecule has 0 N–H and O–H groups in total. The number of hydrogen-bond acceptors (Lipinski definition) is 1. The Morgan fingerprint density at radius 3 is 2.12 bits per heavy atom. The second kappa shape index (κ2) is 5.86. The molecule has 0 aromatic heterocycles. The van der Waals surface area contributed by atoms with Crippen molar-refractivity contribution in [1.29, 1.82) is 0 Å². The molecule has 2 fully saturated rings. The summed E-state index contributed by atoms with van der Waals surface area (Å²) < 4.78 is 0. The lowest BCUT2D eigenvalue weighted by Crippen LogP contribution is -2.42. The lowest BCUT2D eigenvalue weighted by atomic mass is 9.85. The molecule has 0 spiro atoms. The van der Waals surface area contributed by atoms with Crippen molar-refractivity contribution in [3.05, 3.63) is 12.2 Å². The van der Waals surface area contributed by atoms with Crippen molar-refractivity contribution in [2.45, 2.75) is 58.4 Å². The normalized spacial score (nSPS) is 34.6. The Hall–Kier alpha value is -0.300. The van der Waals surface area contributed by atoms with E-state index in [9.17, 15) is 0 Å². The smallest absolute Gasteiger partial charge is 0.00954 e. The number of likely N-dealkylation sites (tertiary alicyclic amines) is 1. The van der Waals surface area contributed by atoms with E-state index in [4.69, 9.17) is 0 Å². The zero-order chi connectivity index (χ0) is 11.4.